The fourth-order valence-corrected chi connectivity index (χ4v) is 5.43. The number of fused-ring (bicyclic) bond motifs is 1. The predicted molar refractivity (Wildman–Crippen MR) is 134 cm³/mol. The number of furan rings is 1. The number of nitrogens with one attached hydrogen (secondary N) is 1. The van der Waals surface area contributed by atoms with E-state index in [2.05, 4.69) is 10.1 Å². The van der Waals surface area contributed by atoms with E-state index in [1.165, 1.54) is 35.3 Å². The second kappa shape index (κ2) is 9.49. The molecule has 1 fully saturated rings. The summed E-state index contributed by atoms with van der Waals surface area (Å²) < 4.78 is 11.2. The number of aliphatic imine (C=N–C) groups is 1. The quantitative estimate of drug-likeness (QED) is 0.321. The standard InChI is InChI=1S/C24H23N5O5S/c1-2-33-15-8-10-17(19(13-15)29(31)32)20-11-9-16(34-20)12-18-21(25)28-24(26-22(18)30)35-23(27-28)14-6-4-3-5-7-14/h8-14,25H,2-7H2,1H3/b18-12+,25-21?. The zero-order chi connectivity index (χ0) is 24.5. The van der Waals surface area contributed by atoms with Crippen molar-refractivity contribution in [2.24, 2.45) is 16.0 Å². The largest absolute Gasteiger partial charge is 0.494 e. The Hall–Kier alpha value is -3.73. The highest BCUT2D eigenvalue weighted by Gasteiger charge is 2.38. The van der Waals surface area contributed by atoms with Crippen LogP contribution in [0.3, 0.4) is 0 Å². The molecule has 1 aromatic carbocycles. The van der Waals surface area contributed by atoms with E-state index in [0.717, 1.165) is 30.7 Å². The molecule has 1 aliphatic carbocycles. The van der Waals surface area contributed by atoms with Crippen LogP contribution in [0.4, 0.5) is 5.69 Å². The topological polar surface area (TPSA) is 134 Å². The third-order valence-corrected chi connectivity index (χ3v) is 7.15. The van der Waals surface area contributed by atoms with Gasteiger partial charge in [-0.3, -0.25) is 20.3 Å². The molecule has 0 bridgehead atoms. The van der Waals surface area contributed by atoms with E-state index in [-0.39, 0.29) is 34.2 Å². The number of ether oxygens (including phenoxy) is 1. The highest BCUT2D eigenvalue weighted by molar-refractivity contribution is 8.27. The summed E-state index contributed by atoms with van der Waals surface area (Å²) in [5, 5.41) is 27.5. The lowest BCUT2D eigenvalue weighted by Gasteiger charge is -2.20. The summed E-state index contributed by atoms with van der Waals surface area (Å²) in [5.41, 5.74) is 0.176. The van der Waals surface area contributed by atoms with E-state index in [1.54, 1.807) is 31.2 Å². The molecule has 1 aromatic heterocycles. The maximum absolute atomic E-state index is 12.7. The first-order chi connectivity index (χ1) is 16.9. The minimum Gasteiger partial charge on any atom is -0.494 e. The SMILES string of the molecule is CCOc1ccc(-c2ccc(/C=C3\C(=N)N4N=C(C5CCCCC5)SC4=NC3=O)o2)c([N+](=O)[O-])c1. The monoisotopic (exact) mass is 493 g/mol. The molecule has 1 N–H and O–H groups in total. The first-order valence-corrected chi connectivity index (χ1v) is 12.3. The Balaban J connectivity index is 1.41. The second-order valence-electron chi connectivity index (χ2n) is 8.36. The number of carbonyl (C=O) groups is 1. The molecule has 3 heterocycles. The number of hydrazone groups is 1. The number of rotatable bonds is 6. The summed E-state index contributed by atoms with van der Waals surface area (Å²) in [6, 6.07) is 7.73. The predicted octanol–water partition coefficient (Wildman–Crippen LogP) is 5.45. The Morgan fingerprint density at radius 2 is 2.09 bits per heavy atom. The average molecular weight is 494 g/mol. The normalized spacial score (nSPS) is 19.6. The van der Waals surface area contributed by atoms with Crippen LogP contribution in [0.1, 0.15) is 44.8 Å². The molecule has 0 radical (unpaired) electrons. The Morgan fingerprint density at radius 1 is 1.29 bits per heavy atom. The van der Waals surface area contributed by atoms with Gasteiger partial charge >= 0.3 is 0 Å². The summed E-state index contributed by atoms with van der Waals surface area (Å²) in [7, 11) is 0. The average Bonchev–Trinajstić information content (AvgIpc) is 3.50. The number of nitro benzene ring substituents is 1. The first-order valence-electron chi connectivity index (χ1n) is 11.5. The third kappa shape index (κ3) is 4.51. The maximum atomic E-state index is 12.7. The van der Waals surface area contributed by atoms with Gasteiger partial charge in [0.1, 0.15) is 22.3 Å². The Bertz CT molecular complexity index is 1310. The van der Waals surface area contributed by atoms with Crippen LogP contribution in [0.5, 0.6) is 5.75 Å². The van der Waals surface area contributed by atoms with Crippen LogP contribution in [0.25, 0.3) is 17.4 Å². The Morgan fingerprint density at radius 3 is 2.83 bits per heavy atom. The minimum atomic E-state index is -0.543. The second-order valence-corrected chi connectivity index (χ2v) is 9.35. The van der Waals surface area contributed by atoms with Crippen LogP contribution < -0.4 is 4.74 Å². The van der Waals surface area contributed by atoms with Gasteiger partial charge in [-0.2, -0.15) is 15.1 Å². The molecular weight excluding hydrogens is 470 g/mol. The number of amidine groups is 2. The van der Waals surface area contributed by atoms with Crippen LogP contribution in [-0.4, -0.2) is 38.5 Å². The van der Waals surface area contributed by atoms with E-state index in [0.29, 0.717) is 23.4 Å². The summed E-state index contributed by atoms with van der Waals surface area (Å²) in [5.74, 6) is 0.665. The molecule has 3 aliphatic rings. The molecule has 35 heavy (non-hydrogen) atoms. The van der Waals surface area contributed by atoms with Gasteiger partial charge in [0.15, 0.2) is 5.84 Å². The van der Waals surface area contributed by atoms with Crippen molar-refractivity contribution in [3.63, 3.8) is 0 Å². The molecule has 0 atom stereocenters. The van der Waals surface area contributed by atoms with Crippen LogP contribution in [-0.2, 0) is 4.79 Å². The van der Waals surface area contributed by atoms with Gasteiger partial charge in [0.25, 0.3) is 11.6 Å². The van der Waals surface area contributed by atoms with E-state index in [9.17, 15) is 14.9 Å². The van der Waals surface area contributed by atoms with Crippen LogP contribution in [0.15, 0.2) is 50.4 Å². The molecule has 5 rings (SSSR count). The zero-order valence-electron chi connectivity index (χ0n) is 19.0. The lowest BCUT2D eigenvalue weighted by molar-refractivity contribution is -0.384. The molecule has 10 nitrogen and oxygen atoms in total. The number of nitrogens with zero attached hydrogens (tertiary/aromatic N) is 4. The lowest BCUT2D eigenvalue weighted by Crippen LogP contribution is -2.35. The van der Waals surface area contributed by atoms with Gasteiger partial charge in [0.2, 0.25) is 5.17 Å². The molecule has 0 unspecified atom stereocenters. The van der Waals surface area contributed by atoms with Crippen LogP contribution in [0.2, 0.25) is 0 Å². The zero-order valence-corrected chi connectivity index (χ0v) is 19.8. The van der Waals surface area contributed by atoms with Gasteiger partial charge in [0.05, 0.1) is 28.7 Å². The molecule has 0 saturated heterocycles. The maximum Gasteiger partial charge on any atom is 0.284 e. The van der Waals surface area contributed by atoms with Crippen molar-refractivity contribution in [2.45, 2.75) is 39.0 Å². The number of hydrogen-bond donors (Lipinski definition) is 1. The van der Waals surface area contributed by atoms with Crippen molar-refractivity contribution in [1.82, 2.24) is 5.01 Å². The molecule has 2 aromatic rings. The number of carbonyl (C=O) groups excluding carboxylic acids is 1. The third-order valence-electron chi connectivity index (χ3n) is 6.08. The number of nitro groups is 1. The fourth-order valence-electron chi connectivity index (χ4n) is 4.37. The van der Waals surface area contributed by atoms with Gasteiger partial charge < -0.3 is 9.15 Å². The van der Waals surface area contributed by atoms with E-state index in [4.69, 9.17) is 14.6 Å². The minimum absolute atomic E-state index is 0.0464. The highest BCUT2D eigenvalue weighted by atomic mass is 32.2. The van der Waals surface area contributed by atoms with Crippen molar-refractivity contribution < 1.29 is 18.9 Å². The lowest BCUT2D eigenvalue weighted by atomic mass is 9.90. The molecular formula is C24H23N5O5S. The smallest absolute Gasteiger partial charge is 0.284 e. The number of benzene rings is 1. The summed E-state index contributed by atoms with van der Waals surface area (Å²) in [6.07, 6.45) is 7.09. The van der Waals surface area contributed by atoms with Crippen LogP contribution >= 0.6 is 11.8 Å². The highest BCUT2D eigenvalue weighted by Crippen LogP contribution is 2.37. The van der Waals surface area contributed by atoms with Gasteiger partial charge in [-0.1, -0.05) is 19.3 Å². The Labute approximate surface area is 205 Å². The van der Waals surface area contributed by atoms with Gasteiger partial charge in [-0.25, -0.2) is 0 Å². The molecule has 11 heteroatoms. The van der Waals surface area contributed by atoms with E-state index in [1.807, 2.05) is 0 Å². The molecule has 2 aliphatic heterocycles. The van der Waals surface area contributed by atoms with Crippen molar-refractivity contribution >= 4 is 45.5 Å². The number of amides is 1. The molecule has 180 valence electrons. The molecule has 0 spiro atoms. The van der Waals surface area contributed by atoms with Gasteiger partial charge in [-0.15, -0.1) is 0 Å². The number of thioether (sulfide) groups is 1. The molecule has 1 saturated carbocycles. The molecule has 1 amide bonds. The first kappa shape index (κ1) is 23.0. The fraction of sp³-hybridized carbons (Fsp3) is 0.333. The van der Waals surface area contributed by atoms with Crippen molar-refractivity contribution in [3.05, 3.63) is 51.8 Å². The van der Waals surface area contributed by atoms with Crippen molar-refractivity contribution in [1.29, 1.82) is 5.41 Å². The van der Waals surface area contributed by atoms with E-state index >= 15 is 0 Å². The Kier molecular flexibility index (Phi) is 6.25. The van der Waals surface area contributed by atoms with E-state index < -0.39 is 10.8 Å². The van der Waals surface area contributed by atoms with Gasteiger partial charge in [-0.05, 0) is 61.9 Å². The van der Waals surface area contributed by atoms with Gasteiger partial charge in [0, 0.05) is 5.92 Å². The summed E-state index contributed by atoms with van der Waals surface area (Å²) in [4.78, 5) is 28.0. The van der Waals surface area contributed by atoms with Crippen molar-refractivity contribution in [2.75, 3.05) is 6.61 Å². The van der Waals surface area contributed by atoms with Crippen LogP contribution in [0, 0.1) is 21.4 Å². The summed E-state index contributed by atoms with van der Waals surface area (Å²) >= 11 is 1.37. The number of hydrogen-bond acceptors (Lipinski definition) is 8. The van der Waals surface area contributed by atoms with Crippen molar-refractivity contribution in [3.8, 4) is 17.1 Å². The summed E-state index contributed by atoms with van der Waals surface area (Å²) in [6.45, 7) is 2.19.